The summed E-state index contributed by atoms with van der Waals surface area (Å²) in [4.78, 5) is 15.7. The number of piperidine rings is 1. The first kappa shape index (κ1) is 22.9. The van der Waals surface area contributed by atoms with E-state index < -0.39 is 0 Å². The lowest BCUT2D eigenvalue weighted by Gasteiger charge is -2.45. The van der Waals surface area contributed by atoms with Gasteiger partial charge in [-0.25, -0.2) is 0 Å². The molecule has 2 atom stereocenters. The van der Waals surface area contributed by atoms with Crippen molar-refractivity contribution in [3.05, 3.63) is 58.6 Å². The maximum absolute atomic E-state index is 13.2. The van der Waals surface area contributed by atoms with E-state index in [1.54, 1.807) is 12.1 Å². The van der Waals surface area contributed by atoms with Crippen molar-refractivity contribution in [3.8, 4) is 5.75 Å². The number of carbonyl (C=O) groups is 1. The molecule has 2 saturated heterocycles. The van der Waals surface area contributed by atoms with Gasteiger partial charge in [0.1, 0.15) is 5.75 Å². The molecule has 7 heteroatoms. The van der Waals surface area contributed by atoms with E-state index in [1.165, 1.54) is 19.1 Å². The van der Waals surface area contributed by atoms with Crippen LogP contribution in [0.25, 0.3) is 0 Å². The highest BCUT2D eigenvalue weighted by molar-refractivity contribution is 9.08. The van der Waals surface area contributed by atoms with Crippen molar-refractivity contribution in [2.75, 3.05) is 18.7 Å². The van der Waals surface area contributed by atoms with Crippen molar-refractivity contribution in [2.45, 2.75) is 50.4 Å². The zero-order valence-corrected chi connectivity index (χ0v) is 19.8. The molecule has 0 saturated carbocycles. The van der Waals surface area contributed by atoms with E-state index in [2.05, 4.69) is 50.4 Å². The number of halogens is 2. The predicted octanol–water partition coefficient (Wildman–Crippen LogP) is 5.22. The van der Waals surface area contributed by atoms with Crippen LogP contribution in [0.5, 0.6) is 5.75 Å². The monoisotopic (exact) mass is 493 g/mol. The molecule has 4 rings (SSSR count). The van der Waals surface area contributed by atoms with Gasteiger partial charge in [0.2, 0.25) is 0 Å². The van der Waals surface area contributed by atoms with Gasteiger partial charge in [0.05, 0.1) is 29.0 Å². The number of alkyl halides is 1. The Labute approximate surface area is 192 Å². The molecular formula is C23H29BrClN3O2. The van der Waals surface area contributed by atoms with Gasteiger partial charge in [-0.15, -0.1) is 0 Å². The summed E-state index contributed by atoms with van der Waals surface area (Å²) >= 11 is 9.11. The van der Waals surface area contributed by atoms with Gasteiger partial charge < -0.3 is 15.8 Å². The lowest BCUT2D eigenvalue weighted by molar-refractivity contribution is 0.0184. The highest BCUT2D eigenvalue weighted by atomic mass is 79.9. The lowest BCUT2D eigenvalue weighted by atomic mass is 9.95. The molecular weight excluding hydrogens is 466 g/mol. The molecule has 5 nitrogen and oxygen atoms in total. The van der Waals surface area contributed by atoms with E-state index >= 15 is 0 Å². The summed E-state index contributed by atoms with van der Waals surface area (Å²) in [5.74, 6) is 2.09. The number of benzene rings is 2. The van der Waals surface area contributed by atoms with E-state index in [0.29, 0.717) is 28.1 Å². The SMILES string of the molecule is CBr.COc1cc(N)c(Cl)cc1C(=O)NC12CCCC(CC1)N2Cc1ccccc1. The number of methoxy groups -OCH3 is 1. The van der Waals surface area contributed by atoms with E-state index in [4.69, 9.17) is 22.1 Å². The van der Waals surface area contributed by atoms with Gasteiger partial charge in [0.15, 0.2) is 0 Å². The average Bonchev–Trinajstić information content (AvgIpc) is 2.95. The summed E-state index contributed by atoms with van der Waals surface area (Å²) in [6.07, 6.45) is 5.32. The summed E-state index contributed by atoms with van der Waals surface area (Å²) in [5, 5.41) is 3.70. The molecule has 0 aromatic heterocycles. The Morgan fingerprint density at radius 1 is 1.27 bits per heavy atom. The number of hydrogen-bond acceptors (Lipinski definition) is 4. The Morgan fingerprint density at radius 2 is 2.00 bits per heavy atom. The molecule has 2 bridgehead atoms. The molecule has 30 heavy (non-hydrogen) atoms. The molecule has 162 valence electrons. The van der Waals surface area contributed by atoms with Crippen molar-refractivity contribution in [2.24, 2.45) is 0 Å². The number of nitrogens with two attached hydrogens (primary N) is 1. The molecule has 1 amide bonds. The Bertz CT molecular complexity index is 876. The molecule has 2 aliphatic rings. The molecule has 0 aliphatic carbocycles. The largest absolute Gasteiger partial charge is 0.496 e. The molecule has 2 aromatic rings. The first-order chi connectivity index (χ1) is 14.5. The number of nitrogens with one attached hydrogen (secondary N) is 1. The second-order valence-electron chi connectivity index (χ2n) is 7.76. The van der Waals surface area contributed by atoms with Gasteiger partial charge in [-0.3, -0.25) is 9.69 Å². The fourth-order valence-corrected chi connectivity index (χ4v) is 4.87. The zero-order valence-electron chi connectivity index (χ0n) is 17.5. The van der Waals surface area contributed by atoms with Crippen molar-refractivity contribution in [1.29, 1.82) is 0 Å². The third-order valence-corrected chi connectivity index (χ3v) is 6.44. The number of fused-ring (bicyclic) bond motifs is 2. The highest BCUT2D eigenvalue weighted by Gasteiger charge is 2.49. The fourth-order valence-electron chi connectivity index (χ4n) is 4.70. The van der Waals surface area contributed by atoms with Crippen LogP contribution in [0, 0.1) is 0 Å². The second kappa shape index (κ2) is 10.0. The minimum atomic E-state index is -0.325. The molecule has 2 aromatic carbocycles. The topological polar surface area (TPSA) is 67.6 Å². The van der Waals surface area contributed by atoms with Crippen molar-refractivity contribution in [1.82, 2.24) is 10.2 Å². The Hall–Kier alpha value is -1.76. The number of anilines is 1. The van der Waals surface area contributed by atoms with Gasteiger partial charge in [0.25, 0.3) is 5.91 Å². The highest BCUT2D eigenvalue weighted by Crippen LogP contribution is 2.43. The number of ether oxygens (including phenoxy) is 1. The minimum absolute atomic E-state index is 0.167. The van der Waals surface area contributed by atoms with Crippen LogP contribution in [0.4, 0.5) is 5.69 Å². The van der Waals surface area contributed by atoms with Crippen LogP contribution in [0.1, 0.15) is 48.0 Å². The third-order valence-electron chi connectivity index (χ3n) is 6.11. The number of carbonyl (C=O) groups excluding carboxylic acids is 1. The quantitative estimate of drug-likeness (QED) is 0.442. The van der Waals surface area contributed by atoms with Crippen LogP contribution in [0.2, 0.25) is 5.02 Å². The van der Waals surface area contributed by atoms with Crippen LogP contribution >= 0.6 is 27.5 Å². The lowest BCUT2D eigenvalue weighted by Crippen LogP contribution is -2.60. The van der Waals surface area contributed by atoms with Gasteiger partial charge in [-0.05, 0) is 49.6 Å². The van der Waals surface area contributed by atoms with Crippen LogP contribution in [-0.2, 0) is 6.54 Å². The normalized spacial score (nSPS) is 22.7. The third kappa shape index (κ3) is 4.61. The van der Waals surface area contributed by atoms with E-state index in [1.807, 2.05) is 11.9 Å². The summed E-state index contributed by atoms with van der Waals surface area (Å²) in [6, 6.07) is 14.2. The second-order valence-corrected chi connectivity index (χ2v) is 8.17. The number of hydrogen-bond donors (Lipinski definition) is 2. The predicted molar refractivity (Wildman–Crippen MR) is 126 cm³/mol. The van der Waals surface area contributed by atoms with Crippen LogP contribution in [0.3, 0.4) is 0 Å². The number of nitrogens with zero attached hydrogens (tertiary/aromatic N) is 1. The van der Waals surface area contributed by atoms with Gasteiger partial charge >= 0.3 is 0 Å². The fraction of sp³-hybridized carbons (Fsp3) is 0.435. The molecule has 3 N–H and O–H groups in total. The maximum atomic E-state index is 13.2. The average molecular weight is 495 g/mol. The minimum Gasteiger partial charge on any atom is -0.496 e. The summed E-state index contributed by atoms with van der Waals surface area (Å²) < 4.78 is 5.38. The van der Waals surface area contributed by atoms with E-state index in [9.17, 15) is 4.79 Å². The standard InChI is InChI=1S/C22H26ClN3O2.CH3Br/c1-28-20-13-19(24)18(23)12-17(20)21(27)25-22-10-5-8-16(9-11-22)26(22)14-15-6-3-2-4-7-15;1-2/h2-4,6-7,12-13,16H,5,8-11,14,24H2,1H3,(H,25,27);1H3. The van der Waals surface area contributed by atoms with E-state index in [-0.39, 0.29) is 11.6 Å². The van der Waals surface area contributed by atoms with Gasteiger partial charge in [-0.1, -0.05) is 57.9 Å². The maximum Gasteiger partial charge on any atom is 0.256 e. The van der Waals surface area contributed by atoms with Gasteiger partial charge in [-0.2, -0.15) is 0 Å². The van der Waals surface area contributed by atoms with Crippen LogP contribution < -0.4 is 15.8 Å². The number of nitrogen functional groups attached to an aromatic ring is 1. The van der Waals surface area contributed by atoms with E-state index in [0.717, 1.165) is 32.2 Å². The van der Waals surface area contributed by atoms with Crippen LogP contribution in [-0.4, -0.2) is 35.5 Å². The first-order valence-corrected chi connectivity index (χ1v) is 12.1. The smallest absolute Gasteiger partial charge is 0.256 e. The van der Waals surface area contributed by atoms with Crippen molar-refractivity contribution in [3.63, 3.8) is 0 Å². The summed E-state index contributed by atoms with van der Waals surface area (Å²) in [7, 11) is 1.53. The zero-order chi connectivity index (χ0) is 21.7. The van der Waals surface area contributed by atoms with Crippen molar-refractivity contribution < 1.29 is 9.53 Å². The van der Waals surface area contributed by atoms with Crippen LogP contribution in [0.15, 0.2) is 42.5 Å². The van der Waals surface area contributed by atoms with Gasteiger partial charge in [0, 0.05) is 18.7 Å². The Morgan fingerprint density at radius 3 is 2.70 bits per heavy atom. The first-order valence-electron chi connectivity index (χ1n) is 10.2. The van der Waals surface area contributed by atoms with Crippen molar-refractivity contribution >= 4 is 39.1 Å². The molecule has 0 radical (unpaired) electrons. The summed E-state index contributed by atoms with van der Waals surface area (Å²) in [5.41, 5.74) is 7.63. The molecule has 2 heterocycles. The molecule has 0 spiro atoms. The number of amides is 1. The molecule has 2 unspecified atom stereocenters. The molecule has 2 fully saturated rings. The number of rotatable bonds is 5. The Balaban J connectivity index is 0.00000124. The molecule has 2 aliphatic heterocycles. The summed E-state index contributed by atoms with van der Waals surface area (Å²) in [6.45, 7) is 0.839. The Kier molecular flexibility index (Phi) is 7.66.